The van der Waals surface area contributed by atoms with Crippen molar-refractivity contribution >= 4 is 11.9 Å². The van der Waals surface area contributed by atoms with E-state index in [2.05, 4.69) is 6.92 Å². The molecule has 1 aromatic rings. The number of carbonyl (C=O) groups is 2. The summed E-state index contributed by atoms with van der Waals surface area (Å²) in [5, 5.41) is 9.58. The fourth-order valence-corrected chi connectivity index (χ4v) is 4.02. The lowest BCUT2D eigenvalue weighted by atomic mass is 9.94. The normalized spacial score (nSPS) is 25.5. The van der Waals surface area contributed by atoms with Crippen molar-refractivity contribution in [2.24, 2.45) is 11.8 Å². The van der Waals surface area contributed by atoms with Gasteiger partial charge in [-0.05, 0) is 55.4 Å². The maximum Gasteiger partial charge on any atom is 0.326 e. The van der Waals surface area contributed by atoms with Crippen LogP contribution in [0.3, 0.4) is 0 Å². The molecule has 1 saturated carbocycles. The Morgan fingerprint density at radius 1 is 1.25 bits per heavy atom. The molecular weight excluding hydrogens is 306 g/mol. The summed E-state index contributed by atoms with van der Waals surface area (Å²) in [6.45, 7) is 3.34. The topological polar surface area (TPSA) is 66.8 Å². The van der Waals surface area contributed by atoms with Gasteiger partial charge in [0.2, 0.25) is 0 Å². The number of fused-ring (bicyclic) bond motifs is 1. The van der Waals surface area contributed by atoms with Crippen molar-refractivity contribution in [2.75, 3.05) is 13.2 Å². The van der Waals surface area contributed by atoms with Crippen molar-refractivity contribution in [1.82, 2.24) is 4.90 Å². The standard InChI is InChI=1S/C19H25NO4/c1-2-3-11-24-15-9-7-13(8-10-15)18(21)20-12-14-5-4-6-16(14)17(20)19(22)23/h7-10,14,16-17H,2-6,11-12H2,1H3,(H,22,23). The quantitative estimate of drug-likeness (QED) is 0.813. The molecule has 1 amide bonds. The zero-order valence-corrected chi connectivity index (χ0v) is 14.1. The molecular formula is C19H25NO4. The van der Waals surface area contributed by atoms with Gasteiger partial charge in [0.15, 0.2) is 0 Å². The number of likely N-dealkylation sites (tertiary alicyclic amines) is 1. The van der Waals surface area contributed by atoms with Gasteiger partial charge in [-0.1, -0.05) is 19.8 Å². The number of aliphatic carboxylic acids is 1. The number of carboxylic acid groups (broad SMARTS) is 1. The lowest BCUT2D eigenvalue weighted by Crippen LogP contribution is -2.43. The number of hydrogen-bond acceptors (Lipinski definition) is 3. The van der Waals surface area contributed by atoms with Crippen LogP contribution in [0.25, 0.3) is 0 Å². The molecule has 2 aliphatic rings. The average molecular weight is 331 g/mol. The fourth-order valence-electron chi connectivity index (χ4n) is 4.02. The maximum absolute atomic E-state index is 12.8. The molecule has 5 heteroatoms. The third kappa shape index (κ3) is 3.25. The van der Waals surface area contributed by atoms with Crippen LogP contribution in [0.1, 0.15) is 49.4 Å². The van der Waals surface area contributed by atoms with Crippen LogP contribution in [-0.4, -0.2) is 41.1 Å². The second kappa shape index (κ2) is 7.24. The Hall–Kier alpha value is -2.04. The van der Waals surface area contributed by atoms with Crippen LogP contribution in [-0.2, 0) is 4.79 Å². The highest BCUT2D eigenvalue weighted by atomic mass is 16.5. The van der Waals surface area contributed by atoms with Crippen molar-refractivity contribution in [3.05, 3.63) is 29.8 Å². The van der Waals surface area contributed by atoms with Crippen LogP contribution >= 0.6 is 0 Å². The third-order valence-corrected chi connectivity index (χ3v) is 5.27. The zero-order valence-electron chi connectivity index (χ0n) is 14.1. The number of carbonyl (C=O) groups excluding carboxylic acids is 1. The van der Waals surface area contributed by atoms with Gasteiger partial charge in [0, 0.05) is 12.1 Å². The van der Waals surface area contributed by atoms with Crippen molar-refractivity contribution in [2.45, 2.75) is 45.1 Å². The Balaban J connectivity index is 1.70. The number of nitrogens with zero attached hydrogens (tertiary/aromatic N) is 1. The van der Waals surface area contributed by atoms with Crippen LogP contribution in [0.5, 0.6) is 5.75 Å². The predicted octanol–water partition coefficient (Wildman–Crippen LogP) is 3.19. The number of carboxylic acids is 1. The molecule has 0 radical (unpaired) electrons. The highest BCUT2D eigenvalue weighted by Gasteiger charge is 2.49. The molecule has 5 nitrogen and oxygen atoms in total. The number of amides is 1. The van der Waals surface area contributed by atoms with Crippen LogP contribution in [0.15, 0.2) is 24.3 Å². The number of benzene rings is 1. The Kier molecular flexibility index (Phi) is 5.07. The summed E-state index contributed by atoms with van der Waals surface area (Å²) >= 11 is 0. The minimum atomic E-state index is -0.878. The van der Waals surface area contributed by atoms with Gasteiger partial charge in [-0.3, -0.25) is 4.79 Å². The molecule has 1 heterocycles. The van der Waals surface area contributed by atoms with Gasteiger partial charge in [-0.25, -0.2) is 4.79 Å². The number of ether oxygens (including phenoxy) is 1. The summed E-state index contributed by atoms with van der Waals surface area (Å²) in [6.07, 6.45) is 5.09. The van der Waals surface area contributed by atoms with Crippen LogP contribution in [0.4, 0.5) is 0 Å². The van der Waals surface area contributed by atoms with E-state index in [1.807, 2.05) is 0 Å². The highest BCUT2D eigenvalue weighted by Crippen LogP contribution is 2.42. The lowest BCUT2D eigenvalue weighted by Gasteiger charge is -2.24. The monoisotopic (exact) mass is 331 g/mol. The molecule has 0 spiro atoms. The molecule has 1 aliphatic carbocycles. The van der Waals surface area contributed by atoms with Crippen LogP contribution in [0, 0.1) is 11.8 Å². The number of unbranched alkanes of at least 4 members (excludes halogenated alkanes) is 1. The van der Waals surface area contributed by atoms with Crippen LogP contribution < -0.4 is 4.74 Å². The Morgan fingerprint density at radius 3 is 2.67 bits per heavy atom. The first kappa shape index (κ1) is 16.8. The smallest absolute Gasteiger partial charge is 0.326 e. The van der Waals surface area contributed by atoms with Gasteiger partial charge >= 0.3 is 5.97 Å². The second-order valence-corrected chi connectivity index (χ2v) is 6.82. The molecule has 1 N–H and O–H groups in total. The summed E-state index contributed by atoms with van der Waals surface area (Å²) in [6, 6.07) is 6.36. The van der Waals surface area contributed by atoms with E-state index in [1.165, 1.54) is 0 Å². The predicted molar refractivity (Wildman–Crippen MR) is 90.1 cm³/mol. The van der Waals surface area contributed by atoms with E-state index in [0.717, 1.165) is 37.9 Å². The average Bonchev–Trinajstić information content (AvgIpc) is 3.15. The van der Waals surface area contributed by atoms with Gasteiger partial charge in [0.25, 0.3) is 5.91 Å². The maximum atomic E-state index is 12.8. The summed E-state index contributed by atoms with van der Waals surface area (Å²) in [7, 11) is 0. The van der Waals surface area contributed by atoms with Gasteiger partial charge in [0.1, 0.15) is 11.8 Å². The highest BCUT2D eigenvalue weighted by molar-refractivity contribution is 5.97. The first-order chi connectivity index (χ1) is 11.6. The van der Waals surface area contributed by atoms with Crippen molar-refractivity contribution in [1.29, 1.82) is 0 Å². The largest absolute Gasteiger partial charge is 0.494 e. The molecule has 2 fully saturated rings. The number of rotatable bonds is 6. The van der Waals surface area contributed by atoms with E-state index in [1.54, 1.807) is 29.2 Å². The van der Waals surface area contributed by atoms with Crippen molar-refractivity contribution < 1.29 is 19.4 Å². The summed E-state index contributed by atoms with van der Waals surface area (Å²) < 4.78 is 5.61. The van der Waals surface area contributed by atoms with Gasteiger partial charge in [0.05, 0.1) is 6.61 Å². The molecule has 0 bridgehead atoms. The second-order valence-electron chi connectivity index (χ2n) is 6.82. The minimum Gasteiger partial charge on any atom is -0.494 e. The molecule has 3 unspecified atom stereocenters. The Bertz CT molecular complexity index is 598. The van der Waals surface area contributed by atoms with Gasteiger partial charge < -0.3 is 14.7 Å². The first-order valence-corrected chi connectivity index (χ1v) is 8.88. The third-order valence-electron chi connectivity index (χ3n) is 5.27. The molecule has 0 aromatic heterocycles. The van der Waals surface area contributed by atoms with E-state index in [-0.39, 0.29) is 11.8 Å². The van der Waals surface area contributed by atoms with E-state index in [0.29, 0.717) is 24.6 Å². The summed E-state index contributed by atoms with van der Waals surface area (Å²) in [5.41, 5.74) is 0.532. The first-order valence-electron chi connectivity index (χ1n) is 8.88. The van der Waals surface area contributed by atoms with E-state index >= 15 is 0 Å². The summed E-state index contributed by atoms with van der Waals surface area (Å²) in [4.78, 5) is 26.0. The molecule has 3 rings (SSSR count). The Morgan fingerprint density at radius 2 is 2.00 bits per heavy atom. The van der Waals surface area contributed by atoms with E-state index in [4.69, 9.17) is 4.74 Å². The van der Waals surface area contributed by atoms with E-state index < -0.39 is 12.0 Å². The molecule has 1 aliphatic heterocycles. The van der Waals surface area contributed by atoms with E-state index in [9.17, 15) is 14.7 Å². The Labute approximate surface area is 142 Å². The number of hydrogen-bond donors (Lipinski definition) is 1. The molecule has 3 atom stereocenters. The van der Waals surface area contributed by atoms with Gasteiger partial charge in [-0.15, -0.1) is 0 Å². The van der Waals surface area contributed by atoms with Gasteiger partial charge in [-0.2, -0.15) is 0 Å². The van der Waals surface area contributed by atoms with Crippen molar-refractivity contribution in [3.8, 4) is 5.75 Å². The minimum absolute atomic E-state index is 0.114. The van der Waals surface area contributed by atoms with Crippen LogP contribution in [0.2, 0.25) is 0 Å². The zero-order chi connectivity index (χ0) is 17.1. The molecule has 1 aromatic carbocycles. The SMILES string of the molecule is CCCCOc1ccc(C(=O)N2CC3CCCC3C2C(=O)O)cc1. The lowest BCUT2D eigenvalue weighted by molar-refractivity contribution is -0.142. The van der Waals surface area contributed by atoms with Crippen molar-refractivity contribution in [3.63, 3.8) is 0 Å². The fraction of sp³-hybridized carbons (Fsp3) is 0.579. The summed E-state index contributed by atoms with van der Waals surface area (Å²) in [5.74, 6) is 0.136. The molecule has 1 saturated heterocycles. The molecule has 130 valence electrons. The molecule has 24 heavy (non-hydrogen) atoms.